The maximum Gasteiger partial charge on any atom is 0.118 e. The Balaban J connectivity index is 0.000000980. The van der Waals surface area contributed by atoms with Gasteiger partial charge in [0.15, 0.2) is 0 Å². The SMILES string of the molecule is Cc1nccnc1S[C@@H]1CCNC1.Cl. The lowest BCUT2D eigenvalue weighted by molar-refractivity contribution is 0.858. The summed E-state index contributed by atoms with van der Waals surface area (Å²) in [4.78, 5) is 8.53. The van der Waals surface area contributed by atoms with Gasteiger partial charge in [-0.25, -0.2) is 4.98 Å². The third-order valence-electron chi connectivity index (χ3n) is 2.13. The smallest absolute Gasteiger partial charge is 0.118 e. The zero-order chi connectivity index (χ0) is 9.10. The Morgan fingerprint density at radius 2 is 2.21 bits per heavy atom. The summed E-state index contributed by atoms with van der Waals surface area (Å²) in [5, 5.41) is 5.10. The summed E-state index contributed by atoms with van der Waals surface area (Å²) in [6.45, 7) is 4.25. The molecular weight excluding hydrogens is 218 g/mol. The number of nitrogens with zero attached hydrogens (tertiary/aromatic N) is 2. The first-order valence-corrected chi connectivity index (χ1v) is 5.39. The summed E-state index contributed by atoms with van der Waals surface area (Å²) < 4.78 is 0. The minimum atomic E-state index is 0. The van der Waals surface area contributed by atoms with Gasteiger partial charge in [0, 0.05) is 24.2 Å². The number of aromatic nitrogens is 2. The quantitative estimate of drug-likeness (QED) is 0.840. The van der Waals surface area contributed by atoms with Gasteiger partial charge in [0.05, 0.1) is 5.69 Å². The summed E-state index contributed by atoms with van der Waals surface area (Å²) >= 11 is 1.84. The fraction of sp³-hybridized carbons (Fsp3) is 0.556. The average Bonchev–Trinajstić information content (AvgIpc) is 2.61. The number of nitrogens with one attached hydrogen (secondary N) is 1. The van der Waals surface area contributed by atoms with Gasteiger partial charge in [-0.3, -0.25) is 4.98 Å². The molecular formula is C9H14ClN3S. The Hall–Kier alpha value is -0.320. The van der Waals surface area contributed by atoms with Crippen molar-refractivity contribution in [2.24, 2.45) is 0 Å². The van der Waals surface area contributed by atoms with Gasteiger partial charge in [-0.05, 0) is 19.9 Å². The summed E-state index contributed by atoms with van der Waals surface area (Å²) in [5.74, 6) is 0. The van der Waals surface area contributed by atoms with E-state index in [2.05, 4.69) is 15.3 Å². The molecule has 1 aliphatic heterocycles. The predicted octanol–water partition coefficient (Wildman–Crippen LogP) is 1.66. The Morgan fingerprint density at radius 1 is 1.43 bits per heavy atom. The van der Waals surface area contributed by atoms with Crippen LogP contribution in [-0.2, 0) is 0 Å². The van der Waals surface area contributed by atoms with E-state index in [9.17, 15) is 0 Å². The molecule has 0 bridgehead atoms. The summed E-state index contributed by atoms with van der Waals surface area (Å²) in [5.41, 5.74) is 1.04. The van der Waals surface area contributed by atoms with Crippen molar-refractivity contribution in [3.05, 3.63) is 18.1 Å². The van der Waals surface area contributed by atoms with E-state index in [1.165, 1.54) is 6.42 Å². The molecule has 1 atom stereocenters. The van der Waals surface area contributed by atoms with E-state index < -0.39 is 0 Å². The highest BCUT2D eigenvalue weighted by atomic mass is 35.5. The number of rotatable bonds is 2. The van der Waals surface area contributed by atoms with Crippen LogP contribution in [0.5, 0.6) is 0 Å². The van der Waals surface area contributed by atoms with Crippen molar-refractivity contribution in [1.29, 1.82) is 0 Å². The highest BCUT2D eigenvalue weighted by Crippen LogP contribution is 2.26. The van der Waals surface area contributed by atoms with Crippen molar-refractivity contribution in [3.63, 3.8) is 0 Å². The van der Waals surface area contributed by atoms with Crippen molar-refractivity contribution >= 4 is 24.2 Å². The molecule has 3 nitrogen and oxygen atoms in total. The van der Waals surface area contributed by atoms with Crippen LogP contribution in [0.4, 0.5) is 0 Å². The van der Waals surface area contributed by atoms with E-state index in [0.717, 1.165) is 23.8 Å². The molecule has 1 saturated heterocycles. The number of hydrogen-bond acceptors (Lipinski definition) is 4. The van der Waals surface area contributed by atoms with E-state index in [1.807, 2.05) is 18.7 Å². The van der Waals surface area contributed by atoms with Gasteiger partial charge in [-0.2, -0.15) is 0 Å². The van der Waals surface area contributed by atoms with Crippen molar-refractivity contribution in [2.45, 2.75) is 23.6 Å². The molecule has 0 spiro atoms. The first-order valence-electron chi connectivity index (χ1n) is 4.51. The van der Waals surface area contributed by atoms with Gasteiger partial charge in [-0.15, -0.1) is 12.4 Å². The molecule has 0 radical (unpaired) electrons. The van der Waals surface area contributed by atoms with Gasteiger partial charge in [-0.1, -0.05) is 11.8 Å². The number of thioether (sulfide) groups is 1. The van der Waals surface area contributed by atoms with E-state index in [1.54, 1.807) is 12.4 Å². The van der Waals surface area contributed by atoms with Gasteiger partial charge in [0.1, 0.15) is 5.03 Å². The Morgan fingerprint density at radius 3 is 2.86 bits per heavy atom. The largest absolute Gasteiger partial charge is 0.316 e. The lowest BCUT2D eigenvalue weighted by atomic mass is 10.4. The molecule has 0 aromatic carbocycles. The highest BCUT2D eigenvalue weighted by molar-refractivity contribution is 7.99. The lowest BCUT2D eigenvalue weighted by Gasteiger charge is -2.07. The van der Waals surface area contributed by atoms with Crippen LogP contribution in [0.3, 0.4) is 0 Å². The maximum atomic E-state index is 4.31. The zero-order valence-electron chi connectivity index (χ0n) is 8.06. The summed E-state index contributed by atoms with van der Waals surface area (Å²) in [6.07, 6.45) is 4.74. The molecule has 0 saturated carbocycles. The van der Waals surface area contributed by atoms with Gasteiger partial charge < -0.3 is 5.32 Å². The molecule has 1 N–H and O–H groups in total. The van der Waals surface area contributed by atoms with Crippen LogP contribution in [0.15, 0.2) is 17.4 Å². The fourth-order valence-electron chi connectivity index (χ4n) is 1.40. The van der Waals surface area contributed by atoms with Crippen LogP contribution in [-0.4, -0.2) is 28.3 Å². The van der Waals surface area contributed by atoms with Crippen molar-refractivity contribution in [3.8, 4) is 0 Å². The van der Waals surface area contributed by atoms with Crippen molar-refractivity contribution in [2.75, 3.05) is 13.1 Å². The second kappa shape index (κ2) is 5.53. The molecule has 1 aromatic rings. The number of aryl methyl sites for hydroxylation is 1. The standard InChI is InChI=1S/C9H13N3S.ClH/c1-7-9(12-5-4-11-7)13-8-2-3-10-6-8;/h4-5,8,10H,2-3,6H2,1H3;1H/t8-;/m1./s1. The Labute approximate surface area is 94.5 Å². The first kappa shape index (κ1) is 11.8. The van der Waals surface area contributed by atoms with E-state index in [4.69, 9.17) is 0 Å². The molecule has 78 valence electrons. The Kier molecular flexibility index (Phi) is 4.65. The van der Waals surface area contributed by atoms with Crippen LogP contribution >= 0.6 is 24.2 Å². The molecule has 0 amide bonds. The number of halogens is 1. The second-order valence-electron chi connectivity index (χ2n) is 3.18. The molecule has 2 rings (SSSR count). The van der Waals surface area contributed by atoms with Crippen LogP contribution in [0.2, 0.25) is 0 Å². The van der Waals surface area contributed by atoms with Crippen molar-refractivity contribution < 1.29 is 0 Å². The lowest BCUT2D eigenvalue weighted by Crippen LogP contribution is -2.10. The third kappa shape index (κ3) is 2.83. The monoisotopic (exact) mass is 231 g/mol. The molecule has 14 heavy (non-hydrogen) atoms. The third-order valence-corrected chi connectivity index (χ3v) is 3.49. The van der Waals surface area contributed by atoms with Gasteiger partial charge in [0.2, 0.25) is 0 Å². The van der Waals surface area contributed by atoms with Crippen molar-refractivity contribution in [1.82, 2.24) is 15.3 Å². The van der Waals surface area contributed by atoms with E-state index in [0.29, 0.717) is 5.25 Å². The van der Waals surface area contributed by atoms with E-state index >= 15 is 0 Å². The fourth-order valence-corrected chi connectivity index (χ4v) is 2.49. The van der Waals surface area contributed by atoms with E-state index in [-0.39, 0.29) is 12.4 Å². The molecule has 2 heterocycles. The molecule has 5 heteroatoms. The zero-order valence-corrected chi connectivity index (χ0v) is 9.70. The minimum absolute atomic E-state index is 0. The van der Waals surface area contributed by atoms with Gasteiger partial charge in [0.25, 0.3) is 0 Å². The molecule has 1 aliphatic rings. The number of hydrogen-bond donors (Lipinski definition) is 1. The summed E-state index contributed by atoms with van der Waals surface area (Å²) in [7, 11) is 0. The topological polar surface area (TPSA) is 37.8 Å². The van der Waals surface area contributed by atoms with Crippen LogP contribution in [0.25, 0.3) is 0 Å². The summed E-state index contributed by atoms with van der Waals surface area (Å²) in [6, 6.07) is 0. The molecule has 1 aromatic heterocycles. The molecule has 0 unspecified atom stereocenters. The van der Waals surface area contributed by atoms with Crippen LogP contribution in [0.1, 0.15) is 12.1 Å². The molecule has 0 aliphatic carbocycles. The minimum Gasteiger partial charge on any atom is -0.316 e. The first-order chi connectivity index (χ1) is 6.36. The van der Waals surface area contributed by atoms with Gasteiger partial charge >= 0.3 is 0 Å². The second-order valence-corrected chi connectivity index (χ2v) is 4.47. The highest BCUT2D eigenvalue weighted by Gasteiger charge is 2.17. The average molecular weight is 232 g/mol. The van der Waals surface area contributed by atoms with Crippen LogP contribution < -0.4 is 5.32 Å². The normalized spacial score (nSPS) is 20.5. The maximum absolute atomic E-state index is 4.31. The molecule has 1 fully saturated rings. The predicted molar refractivity (Wildman–Crippen MR) is 61.1 cm³/mol. The Bertz CT molecular complexity index is 289. The van der Waals surface area contributed by atoms with Crippen LogP contribution in [0, 0.1) is 6.92 Å².